The molecule has 0 bridgehead atoms. The molecule has 2 rings (SSSR count). The number of halogens is 1. The maximum absolute atomic E-state index is 6.38. The Kier molecular flexibility index (Phi) is 5.26. The van der Waals surface area contributed by atoms with Crippen molar-refractivity contribution in [3.05, 3.63) is 34.9 Å². The molecule has 1 aliphatic carbocycles. The van der Waals surface area contributed by atoms with Gasteiger partial charge in [-0.05, 0) is 44.4 Å². The van der Waals surface area contributed by atoms with Gasteiger partial charge in [-0.15, -0.1) is 0 Å². The van der Waals surface area contributed by atoms with E-state index < -0.39 is 0 Å². The van der Waals surface area contributed by atoms with Gasteiger partial charge in [0.25, 0.3) is 0 Å². The van der Waals surface area contributed by atoms with Crippen LogP contribution in [0, 0.1) is 0 Å². The zero-order chi connectivity index (χ0) is 13.8. The number of benzene rings is 1. The van der Waals surface area contributed by atoms with Crippen molar-refractivity contribution >= 4 is 11.6 Å². The van der Waals surface area contributed by atoms with Crippen LogP contribution in [0.3, 0.4) is 0 Å². The van der Waals surface area contributed by atoms with Gasteiger partial charge in [-0.2, -0.15) is 0 Å². The lowest BCUT2D eigenvalue weighted by Crippen LogP contribution is -2.41. The first-order chi connectivity index (χ1) is 9.15. The highest BCUT2D eigenvalue weighted by molar-refractivity contribution is 6.31. The molecule has 0 aliphatic heterocycles. The van der Waals surface area contributed by atoms with Crippen LogP contribution in [-0.4, -0.2) is 23.5 Å². The van der Waals surface area contributed by atoms with Gasteiger partial charge in [-0.1, -0.05) is 43.1 Å². The molecule has 3 heteroatoms. The molecule has 1 fully saturated rings. The van der Waals surface area contributed by atoms with Crippen LogP contribution in [0.5, 0.6) is 0 Å². The van der Waals surface area contributed by atoms with Gasteiger partial charge in [-0.3, -0.25) is 4.90 Å². The molecule has 2 N–H and O–H groups in total. The molecule has 0 amide bonds. The normalized spacial score (nSPS) is 18.6. The monoisotopic (exact) mass is 280 g/mol. The lowest BCUT2D eigenvalue weighted by Gasteiger charge is -2.35. The highest BCUT2D eigenvalue weighted by Crippen LogP contribution is 2.38. The molecule has 0 heterocycles. The third-order valence-corrected chi connectivity index (χ3v) is 4.21. The number of nitrogens with zero attached hydrogens (tertiary/aromatic N) is 1. The van der Waals surface area contributed by atoms with E-state index in [0.717, 1.165) is 11.6 Å². The predicted octanol–water partition coefficient (Wildman–Crippen LogP) is 3.99. The van der Waals surface area contributed by atoms with Crippen LogP contribution in [0.25, 0.3) is 0 Å². The zero-order valence-corrected chi connectivity index (χ0v) is 12.7. The quantitative estimate of drug-likeness (QED) is 0.818. The number of rotatable bonds is 7. The van der Waals surface area contributed by atoms with Crippen LogP contribution in [0.4, 0.5) is 0 Å². The molecule has 0 radical (unpaired) electrons. The third-order valence-electron chi connectivity index (χ3n) is 3.86. The average Bonchev–Trinajstić information content (AvgIpc) is 3.20. The minimum Gasteiger partial charge on any atom is -0.326 e. The Morgan fingerprint density at radius 3 is 2.58 bits per heavy atom. The zero-order valence-electron chi connectivity index (χ0n) is 12.0. The fourth-order valence-corrected chi connectivity index (χ4v) is 3.02. The topological polar surface area (TPSA) is 29.3 Å². The average molecular weight is 281 g/mol. The summed E-state index contributed by atoms with van der Waals surface area (Å²) < 4.78 is 0. The van der Waals surface area contributed by atoms with Gasteiger partial charge < -0.3 is 5.73 Å². The highest BCUT2D eigenvalue weighted by Gasteiger charge is 2.36. The Morgan fingerprint density at radius 1 is 1.37 bits per heavy atom. The van der Waals surface area contributed by atoms with Crippen molar-refractivity contribution in [2.24, 2.45) is 5.73 Å². The first-order valence-corrected chi connectivity index (χ1v) is 7.78. The maximum Gasteiger partial charge on any atom is 0.0514 e. The summed E-state index contributed by atoms with van der Waals surface area (Å²) in [5.74, 6) is 0. The summed E-state index contributed by atoms with van der Waals surface area (Å²) in [6, 6.07) is 9.18. The highest BCUT2D eigenvalue weighted by atomic mass is 35.5. The maximum atomic E-state index is 6.38. The van der Waals surface area contributed by atoms with Crippen LogP contribution in [0.2, 0.25) is 5.02 Å². The summed E-state index contributed by atoms with van der Waals surface area (Å²) in [7, 11) is 0. The Bertz CT molecular complexity index is 401. The molecule has 2 atom stereocenters. The standard InChI is InChI=1S/C16H25ClN2/c1-3-4-11-19(13-9-10-13)16(12(2)18)14-7-5-6-8-15(14)17/h5-8,12-13,16H,3-4,9-11,18H2,1-2H3. The van der Waals surface area contributed by atoms with Crippen molar-refractivity contribution in [3.8, 4) is 0 Å². The van der Waals surface area contributed by atoms with E-state index in [9.17, 15) is 0 Å². The molecule has 19 heavy (non-hydrogen) atoms. The van der Waals surface area contributed by atoms with E-state index in [0.29, 0.717) is 6.04 Å². The summed E-state index contributed by atoms with van der Waals surface area (Å²) in [5.41, 5.74) is 7.46. The Labute approximate surface area is 121 Å². The minimum absolute atomic E-state index is 0.0948. The SMILES string of the molecule is CCCCN(C1CC1)C(c1ccccc1Cl)C(C)N. The number of unbranched alkanes of at least 4 members (excludes halogenated alkanes) is 1. The van der Waals surface area contributed by atoms with Crippen LogP contribution in [0.1, 0.15) is 51.1 Å². The van der Waals surface area contributed by atoms with Crippen molar-refractivity contribution in [3.63, 3.8) is 0 Å². The molecule has 1 aromatic rings. The van der Waals surface area contributed by atoms with Crippen LogP contribution in [0.15, 0.2) is 24.3 Å². The summed E-state index contributed by atoms with van der Waals surface area (Å²) >= 11 is 6.38. The van der Waals surface area contributed by atoms with Crippen LogP contribution >= 0.6 is 11.6 Å². The molecular formula is C16H25ClN2. The van der Waals surface area contributed by atoms with Gasteiger partial charge in [0.2, 0.25) is 0 Å². The van der Waals surface area contributed by atoms with E-state index in [1.54, 1.807) is 0 Å². The molecule has 0 spiro atoms. The number of nitrogens with two attached hydrogens (primary N) is 1. The smallest absolute Gasteiger partial charge is 0.0514 e. The molecule has 0 aromatic heterocycles. The molecule has 0 saturated heterocycles. The predicted molar refractivity (Wildman–Crippen MR) is 82.5 cm³/mol. The fraction of sp³-hybridized carbons (Fsp3) is 0.625. The molecule has 106 valence electrons. The van der Waals surface area contributed by atoms with Crippen LogP contribution < -0.4 is 5.73 Å². The Balaban J connectivity index is 2.24. The lowest BCUT2D eigenvalue weighted by atomic mass is 9.98. The number of hydrogen-bond acceptors (Lipinski definition) is 2. The first-order valence-electron chi connectivity index (χ1n) is 7.41. The summed E-state index contributed by atoms with van der Waals surface area (Å²) in [4.78, 5) is 2.58. The first kappa shape index (κ1) is 14.8. The lowest BCUT2D eigenvalue weighted by molar-refractivity contribution is 0.164. The Morgan fingerprint density at radius 2 is 2.05 bits per heavy atom. The molecule has 2 nitrogen and oxygen atoms in total. The molecule has 1 saturated carbocycles. The summed E-state index contributed by atoms with van der Waals surface area (Å²) in [5, 5.41) is 0.840. The van der Waals surface area contributed by atoms with E-state index in [-0.39, 0.29) is 12.1 Å². The number of hydrogen-bond donors (Lipinski definition) is 1. The van der Waals surface area contributed by atoms with Gasteiger partial charge in [-0.25, -0.2) is 0 Å². The van der Waals surface area contributed by atoms with E-state index in [4.69, 9.17) is 17.3 Å². The van der Waals surface area contributed by atoms with Gasteiger partial charge in [0.05, 0.1) is 6.04 Å². The third kappa shape index (κ3) is 3.71. The van der Waals surface area contributed by atoms with Crippen molar-refractivity contribution < 1.29 is 0 Å². The second kappa shape index (κ2) is 6.74. The van der Waals surface area contributed by atoms with E-state index in [1.807, 2.05) is 12.1 Å². The van der Waals surface area contributed by atoms with E-state index in [2.05, 4.69) is 30.9 Å². The summed E-state index contributed by atoms with van der Waals surface area (Å²) in [6.45, 7) is 5.45. The fourth-order valence-electron chi connectivity index (χ4n) is 2.77. The molecule has 1 aromatic carbocycles. The van der Waals surface area contributed by atoms with Gasteiger partial charge in [0.15, 0.2) is 0 Å². The minimum atomic E-state index is 0.0948. The van der Waals surface area contributed by atoms with Crippen LogP contribution in [-0.2, 0) is 0 Å². The van der Waals surface area contributed by atoms with Crippen molar-refractivity contribution in [2.75, 3.05) is 6.54 Å². The molecular weight excluding hydrogens is 256 g/mol. The molecule has 2 unspecified atom stereocenters. The largest absolute Gasteiger partial charge is 0.326 e. The summed E-state index contributed by atoms with van der Waals surface area (Å²) in [6.07, 6.45) is 5.05. The van der Waals surface area contributed by atoms with Crippen molar-refractivity contribution in [1.82, 2.24) is 4.90 Å². The van der Waals surface area contributed by atoms with Gasteiger partial charge in [0.1, 0.15) is 0 Å². The van der Waals surface area contributed by atoms with E-state index in [1.165, 1.54) is 31.2 Å². The second-order valence-electron chi connectivity index (χ2n) is 5.65. The van der Waals surface area contributed by atoms with E-state index >= 15 is 0 Å². The van der Waals surface area contributed by atoms with Gasteiger partial charge >= 0.3 is 0 Å². The second-order valence-corrected chi connectivity index (χ2v) is 6.06. The van der Waals surface area contributed by atoms with Crippen molar-refractivity contribution in [2.45, 2.75) is 57.7 Å². The van der Waals surface area contributed by atoms with Gasteiger partial charge in [0, 0.05) is 17.1 Å². The Hall–Kier alpha value is -0.570. The van der Waals surface area contributed by atoms with Crippen molar-refractivity contribution in [1.29, 1.82) is 0 Å². The molecule has 1 aliphatic rings.